The van der Waals surface area contributed by atoms with Crippen molar-refractivity contribution in [1.82, 2.24) is 10.1 Å². The number of carbonyl (C=O) groups is 1. The zero-order valence-electron chi connectivity index (χ0n) is 12.5. The number of fused-ring (bicyclic) bond motifs is 1. The molecule has 1 aromatic carbocycles. The largest absolute Gasteiger partial charge is 0.336 e. The minimum atomic E-state index is -0.215. The summed E-state index contributed by atoms with van der Waals surface area (Å²) < 4.78 is 5.27. The van der Waals surface area contributed by atoms with Crippen LogP contribution in [0.25, 0.3) is 11.1 Å². The molecule has 0 atom stereocenters. The van der Waals surface area contributed by atoms with Gasteiger partial charge in [-0.1, -0.05) is 22.8 Å². The molecule has 1 fully saturated rings. The molecular weight excluding hydrogens is 314 g/mol. The highest BCUT2D eigenvalue weighted by Gasteiger charge is 2.28. The molecular formula is C17H14ClN3O2. The second kappa shape index (κ2) is 5.35. The number of benzene rings is 1. The number of hydrogen-bond acceptors (Lipinski definition) is 4. The highest BCUT2D eigenvalue weighted by Crippen LogP contribution is 2.40. The predicted molar refractivity (Wildman–Crippen MR) is 87.9 cm³/mol. The third kappa shape index (κ3) is 2.68. The number of pyridine rings is 1. The highest BCUT2D eigenvalue weighted by atomic mass is 35.5. The van der Waals surface area contributed by atoms with E-state index in [0.717, 1.165) is 18.5 Å². The molecule has 3 aromatic rings. The molecule has 1 saturated carbocycles. The van der Waals surface area contributed by atoms with Crippen molar-refractivity contribution in [1.29, 1.82) is 0 Å². The summed E-state index contributed by atoms with van der Waals surface area (Å²) in [6.07, 6.45) is 2.20. The van der Waals surface area contributed by atoms with Crippen molar-refractivity contribution >= 4 is 34.3 Å². The number of aryl methyl sites for hydroxylation is 1. The van der Waals surface area contributed by atoms with Crippen LogP contribution < -0.4 is 5.32 Å². The van der Waals surface area contributed by atoms with Crippen molar-refractivity contribution in [2.24, 2.45) is 0 Å². The Kier molecular flexibility index (Phi) is 3.31. The number of halogens is 1. The molecule has 5 nitrogen and oxygen atoms in total. The van der Waals surface area contributed by atoms with Crippen LogP contribution in [0.3, 0.4) is 0 Å². The van der Waals surface area contributed by atoms with Gasteiger partial charge in [0.2, 0.25) is 0 Å². The van der Waals surface area contributed by atoms with E-state index >= 15 is 0 Å². The minimum Gasteiger partial charge on any atom is -0.336 e. The third-order valence-corrected chi connectivity index (χ3v) is 4.19. The maximum atomic E-state index is 12.7. The molecule has 0 aliphatic heterocycles. The summed E-state index contributed by atoms with van der Waals surface area (Å²) in [6.45, 7) is 1.81. The van der Waals surface area contributed by atoms with Crippen LogP contribution in [0.5, 0.6) is 0 Å². The molecule has 1 aliphatic carbocycles. The molecule has 1 N–H and O–H groups in total. The Hall–Kier alpha value is -2.40. The summed E-state index contributed by atoms with van der Waals surface area (Å²) >= 11 is 5.97. The van der Waals surface area contributed by atoms with E-state index in [1.165, 1.54) is 0 Å². The molecule has 0 bridgehead atoms. The Morgan fingerprint density at radius 3 is 2.91 bits per heavy atom. The molecule has 1 aliphatic rings. The third-order valence-electron chi connectivity index (χ3n) is 3.96. The highest BCUT2D eigenvalue weighted by molar-refractivity contribution is 6.31. The lowest BCUT2D eigenvalue weighted by Gasteiger charge is -2.08. The Labute approximate surface area is 137 Å². The van der Waals surface area contributed by atoms with Gasteiger partial charge in [-0.2, -0.15) is 0 Å². The number of nitrogens with one attached hydrogen (secondary N) is 1. The first kappa shape index (κ1) is 14.2. The predicted octanol–water partition coefficient (Wildman–Crippen LogP) is 4.31. The van der Waals surface area contributed by atoms with Gasteiger partial charge in [0, 0.05) is 22.3 Å². The lowest BCUT2D eigenvalue weighted by atomic mass is 10.1. The lowest BCUT2D eigenvalue weighted by Crippen LogP contribution is -2.13. The van der Waals surface area contributed by atoms with Gasteiger partial charge in [0.15, 0.2) is 0 Å². The van der Waals surface area contributed by atoms with E-state index in [4.69, 9.17) is 16.1 Å². The van der Waals surface area contributed by atoms with E-state index in [1.54, 1.807) is 31.2 Å². The molecule has 4 rings (SSSR count). The van der Waals surface area contributed by atoms with E-state index in [9.17, 15) is 4.79 Å². The van der Waals surface area contributed by atoms with Crippen LogP contribution in [0.15, 0.2) is 34.9 Å². The quantitative estimate of drug-likeness (QED) is 0.778. The smallest absolute Gasteiger partial charge is 0.259 e. The fourth-order valence-corrected chi connectivity index (χ4v) is 2.84. The van der Waals surface area contributed by atoms with Gasteiger partial charge in [-0.05, 0) is 44.0 Å². The maximum Gasteiger partial charge on any atom is 0.259 e. The summed E-state index contributed by atoms with van der Waals surface area (Å²) in [5, 5.41) is 8.05. The SMILES string of the molecule is Cc1noc2nc(C3CC3)cc(C(=O)Nc3cccc(Cl)c3)c12. The van der Waals surface area contributed by atoms with Crippen LogP contribution in [0.4, 0.5) is 5.69 Å². The maximum absolute atomic E-state index is 12.7. The lowest BCUT2D eigenvalue weighted by molar-refractivity contribution is 0.102. The molecule has 1 amide bonds. The fraction of sp³-hybridized carbons (Fsp3) is 0.235. The Bertz CT molecular complexity index is 915. The van der Waals surface area contributed by atoms with Gasteiger partial charge in [0.05, 0.1) is 16.6 Å². The first-order valence-electron chi connectivity index (χ1n) is 7.45. The van der Waals surface area contributed by atoms with Crippen molar-refractivity contribution in [2.45, 2.75) is 25.7 Å². The van der Waals surface area contributed by atoms with E-state index in [2.05, 4.69) is 15.5 Å². The van der Waals surface area contributed by atoms with Crippen molar-refractivity contribution in [3.63, 3.8) is 0 Å². The van der Waals surface area contributed by atoms with Crippen molar-refractivity contribution in [3.05, 3.63) is 52.3 Å². The second-order valence-electron chi connectivity index (χ2n) is 5.78. The van der Waals surface area contributed by atoms with Crippen LogP contribution in [0, 0.1) is 6.92 Å². The van der Waals surface area contributed by atoms with Gasteiger partial charge >= 0.3 is 0 Å². The topological polar surface area (TPSA) is 68.0 Å². The van der Waals surface area contributed by atoms with Gasteiger partial charge in [-0.25, -0.2) is 4.98 Å². The average Bonchev–Trinajstić information content (AvgIpc) is 3.31. The number of rotatable bonds is 3. The van der Waals surface area contributed by atoms with Crippen LogP contribution in [-0.4, -0.2) is 16.0 Å². The number of anilines is 1. The molecule has 0 spiro atoms. The summed E-state index contributed by atoms with van der Waals surface area (Å²) in [5.74, 6) is 0.204. The van der Waals surface area contributed by atoms with Crippen LogP contribution in [0.2, 0.25) is 5.02 Å². The Morgan fingerprint density at radius 1 is 1.35 bits per heavy atom. The van der Waals surface area contributed by atoms with E-state index in [1.807, 2.05) is 6.07 Å². The molecule has 0 unspecified atom stereocenters. The number of carbonyl (C=O) groups excluding carboxylic acids is 1. The van der Waals surface area contributed by atoms with Gasteiger partial charge in [-0.3, -0.25) is 4.79 Å². The first-order valence-corrected chi connectivity index (χ1v) is 7.83. The molecule has 23 heavy (non-hydrogen) atoms. The summed E-state index contributed by atoms with van der Waals surface area (Å²) in [7, 11) is 0. The molecule has 0 radical (unpaired) electrons. The molecule has 2 aromatic heterocycles. The first-order chi connectivity index (χ1) is 11.1. The van der Waals surface area contributed by atoms with Gasteiger partial charge < -0.3 is 9.84 Å². The monoisotopic (exact) mass is 327 g/mol. The normalized spacial score (nSPS) is 14.2. The van der Waals surface area contributed by atoms with Gasteiger partial charge in [0.1, 0.15) is 0 Å². The molecule has 0 saturated heterocycles. The van der Waals surface area contributed by atoms with Crippen LogP contribution >= 0.6 is 11.6 Å². The number of nitrogens with zero attached hydrogens (tertiary/aromatic N) is 2. The van der Waals surface area contributed by atoms with E-state index < -0.39 is 0 Å². The minimum absolute atomic E-state index is 0.215. The molecule has 2 heterocycles. The molecule has 116 valence electrons. The standard InChI is InChI=1S/C17H14ClN3O2/c1-9-15-13(16(22)19-12-4-2-3-11(18)7-12)8-14(10-5-6-10)20-17(15)23-21-9/h2-4,7-8,10H,5-6H2,1H3,(H,19,22). The number of amides is 1. The summed E-state index contributed by atoms with van der Waals surface area (Å²) in [5.41, 5.74) is 3.16. The second-order valence-corrected chi connectivity index (χ2v) is 6.22. The Morgan fingerprint density at radius 2 is 2.17 bits per heavy atom. The van der Waals surface area contributed by atoms with Gasteiger partial charge in [0.25, 0.3) is 11.6 Å². The zero-order valence-corrected chi connectivity index (χ0v) is 13.2. The number of hydrogen-bond donors (Lipinski definition) is 1. The summed E-state index contributed by atoms with van der Waals surface area (Å²) in [4.78, 5) is 17.2. The van der Waals surface area contributed by atoms with Crippen molar-refractivity contribution < 1.29 is 9.32 Å². The van der Waals surface area contributed by atoms with Gasteiger partial charge in [-0.15, -0.1) is 0 Å². The zero-order chi connectivity index (χ0) is 16.0. The average molecular weight is 328 g/mol. The summed E-state index contributed by atoms with van der Waals surface area (Å²) in [6, 6.07) is 8.91. The van der Waals surface area contributed by atoms with Crippen molar-refractivity contribution in [3.8, 4) is 0 Å². The van der Waals surface area contributed by atoms with Crippen LogP contribution in [-0.2, 0) is 0 Å². The van der Waals surface area contributed by atoms with Crippen LogP contribution in [0.1, 0.15) is 40.5 Å². The van der Waals surface area contributed by atoms with E-state index in [0.29, 0.717) is 39.0 Å². The fourth-order valence-electron chi connectivity index (χ4n) is 2.65. The van der Waals surface area contributed by atoms with Crippen molar-refractivity contribution in [2.75, 3.05) is 5.32 Å². The van der Waals surface area contributed by atoms with E-state index in [-0.39, 0.29) is 5.91 Å². The number of aromatic nitrogens is 2. The Balaban J connectivity index is 1.77. The molecule has 6 heteroatoms.